The first-order valence-corrected chi connectivity index (χ1v) is 10.4. The van der Waals surface area contributed by atoms with Crippen LogP contribution in [0.5, 0.6) is 5.75 Å². The molecule has 0 saturated heterocycles. The van der Waals surface area contributed by atoms with Crippen LogP contribution in [0.2, 0.25) is 0 Å². The minimum absolute atomic E-state index is 0.329. The molecule has 0 bridgehead atoms. The largest absolute Gasteiger partial charge is 0.490 e. The molecular weight excluding hydrogens is 326 g/mol. The van der Waals surface area contributed by atoms with Gasteiger partial charge in [0.2, 0.25) is 5.95 Å². The summed E-state index contributed by atoms with van der Waals surface area (Å²) in [7, 11) is 3.96. The minimum Gasteiger partial charge on any atom is -0.490 e. The Morgan fingerprint density at radius 1 is 0.885 bits per heavy atom. The van der Waals surface area contributed by atoms with Gasteiger partial charge in [0.05, 0.1) is 18.0 Å². The molecule has 1 aromatic heterocycles. The van der Waals surface area contributed by atoms with Crippen molar-refractivity contribution in [3.8, 4) is 5.75 Å². The van der Waals surface area contributed by atoms with Gasteiger partial charge in [0.15, 0.2) is 5.75 Å². The molecule has 1 rings (SSSR count). The third-order valence-electron chi connectivity index (χ3n) is 4.56. The van der Waals surface area contributed by atoms with Crippen molar-refractivity contribution >= 4 is 5.95 Å². The number of hydrogen-bond acceptors (Lipinski definition) is 5. The zero-order valence-corrected chi connectivity index (χ0v) is 17.4. The van der Waals surface area contributed by atoms with Crippen molar-refractivity contribution in [3.63, 3.8) is 0 Å². The minimum atomic E-state index is 0.329. The van der Waals surface area contributed by atoms with Gasteiger partial charge in [0.25, 0.3) is 0 Å². The van der Waals surface area contributed by atoms with Gasteiger partial charge in [-0.05, 0) is 32.6 Å². The highest BCUT2D eigenvalue weighted by Crippen LogP contribution is 2.25. The lowest BCUT2D eigenvalue weighted by molar-refractivity contribution is 0.282. The highest BCUT2D eigenvalue weighted by Gasteiger charge is 2.14. The lowest BCUT2D eigenvalue weighted by Gasteiger charge is -2.17. The van der Waals surface area contributed by atoms with E-state index >= 15 is 0 Å². The van der Waals surface area contributed by atoms with Crippen LogP contribution in [0.15, 0.2) is 0 Å². The van der Waals surface area contributed by atoms with Crippen LogP contribution in [0, 0.1) is 6.92 Å². The number of rotatable bonds is 15. The summed E-state index contributed by atoms with van der Waals surface area (Å²) < 4.78 is 6.01. The van der Waals surface area contributed by atoms with E-state index in [1.165, 1.54) is 32.1 Å². The fourth-order valence-corrected chi connectivity index (χ4v) is 2.95. The average Bonchev–Trinajstić information content (AvgIpc) is 2.62. The molecule has 0 saturated carbocycles. The fraction of sp³-hybridized carbons (Fsp3) is 0.810. The van der Waals surface area contributed by atoms with Crippen molar-refractivity contribution in [1.82, 2.24) is 9.97 Å². The average molecular weight is 366 g/mol. The van der Waals surface area contributed by atoms with Crippen LogP contribution in [-0.2, 0) is 6.42 Å². The SMILES string of the molecule is CCCCOc1c(C)nc(N(C)C)nc1CCCCCCCCCCO. The van der Waals surface area contributed by atoms with Crippen LogP contribution in [0.3, 0.4) is 0 Å². The van der Waals surface area contributed by atoms with E-state index in [0.29, 0.717) is 6.61 Å². The number of aliphatic hydroxyl groups excluding tert-OH is 1. The molecule has 0 aromatic carbocycles. The number of hydrogen-bond donors (Lipinski definition) is 1. The highest BCUT2D eigenvalue weighted by molar-refractivity contribution is 5.40. The Labute approximate surface area is 160 Å². The summed E-state index contributed by atoms with van der Waals surface area (Å²) in [5, 5.41) is 8.79. The van der Waals surface area contributed by atoms with E-state index in [1.54, 1.807) is 0 Å². The van der Waals surface area contributed by atoms with Crippen LogP contribution in [-0.4, -0.2) is 42.4 Å². The standard InChI is InChI=1S/C21H39N3O2/c1-5-6-17-26-20-18(2)22-21(24(3)4)23-19(20)15-13-11-9-7-8-10-12-14-16-25/h25H,5-17H2,1-4H3. The molecule has 1 N–H and O–H groups in total. The Morgan fingerprint density at radius 3 is 2.08 bits per heavy atom. The van der Waals surface area contributed by atoms with Crippen LogP contribution in [0.1, 0.15) is 82.5 Å². The molecule has 0 aliphatic carbocycles. The third-order valence-corrected chi connectivity index (χ3v) is 4.56. The molecule has 5 nitrogen and oxygen atoms in total. The molecule has 0 spiro atoms. The molecule has 0 radical (unpaired) electrons. The first-order valence-electron chi connectivity index (χ1n) is 10.4. The number of aromatic nitrogens is 2. The number of anilines is 1. The summed E-state index contributed by atoms with van der Waals surface area (Å²) in [5.74, 6) is 1.66. The number of aryl methyl sites for hydroxylation is 2. The van der Waals surface area contributed by atoms with Crippen molar-refractivity contribution < 1.29 is 9.84 Å². The predicted molar refractivity (Wildman–Crippen MR) is 109 cm³/mol. The molecule has 1 aromatic rings. The number of unbranched alkanes of at least 4 members (excludes halogenated alkanes) is 8. The van der Waals surface area contributed by atoms with E-state index in [2.05, 4.69) is 11.9 Å². The molecule has 0 aliphatic rings. The Bertz CT molecular complexity index is 492. The van der Waals surface area contributed by atoms with E-state index in [4.69, 9.17) is 14.8 Å². The molecule has 0 aliphatic heterocycles. The summed E-state index contributed by atoms with van der Waals surface area (Å²) in [6.45, 7) is 5.26. The van der Waals surface area contributed by atoms with Gasteiger partial charge in [-0.15, -0.1) is 0 Å². The monoisotopic (exact) mass is 365 g/mol. The first kappa shape index (κ1) is 22.7. The third kappa shape index (κ3) is 8.84. The molecule has 5 heteroatoms. The van der Waals surface area contributed by atoms with Crippen molar-refractivity contribution in [2.45, 2.75) is 84.5 Å². The van der Waals surface area contributed by atoms with Crippen LogP contribution >= 0.6 is 0 Å². The van der Waals surface area contributed by atoms with E-state index in [0.717, 1.165) is 68.2 Å². The molecule has 0 atom stereocenters. The van der Waals surface area contributed by atoms with Crippen molar-refractivity contribution in [3.05, 3.63) is 11.4 Å². The summed E-state index contributed by atoms with van der Waals surface area (Å²) >= 11 is 0. The Kier molecular flexibility index (Phi) is 12.0. The maximum Gasteiger partial charge on any atom is 0.225 e. The van der Waals surface area contributed by atoms with E-state index in [-0.39, 0.29) is 0 Å². The highest BCUT2D eigenvalue weighted by atomic mass is 16.5. The Hall–Kier alpha value is -1.36. The Morgan fingerprint density at radius 2 is 1.50 bits per heavy atom. The van der Waals surface area contributed by atoms with Gasteiger partial charge in [-0.1, -0.05) is 51.9 Å². The van der Waals surface area contributed by atoms with Crippen LogP contribution in [0.4, 0.5) is 5.95 Å². The predicted octanol–water partition coefficient (Wildman–Crippen LogP) is 4.69. The second kappa shape index (κ2) is 13.8. The molecular formula is C21H39N3O2. The lowest BCUT2D eigenvalue weighted by atomic mass is 10.1. The van der Waals surface area contributed by atoms with Gasteiger partial charge >= 0.3 is 0 Å². The molecule has 150 valence electrons. The van der Waals surface area contributed by atoms with E-state index < -0.39 is 0 Å². The van der Waals surface area contributed by atoms with Gasteiger partial charge in [0.1, 0.15) is 0 Å². The summed E-state index contributed by atoms with van der Waals surface area (Å²) in [6, 6.07) is 0. The second-order valence-electron chi connectivity index (χ2n) is 7.28. The molecule has 0 unspecified atom stereocenters. The van der Waals surface area contributed by atoms with Crippen LogP contribution in [0.25, 0.3) is 0 Å². The summed E-state index contributed by atoms with van der Waals surface area (Å²) in [5.41, 5.74) is 2.00. The fourth-order valence-electron chi connectivity index (χ4n) is 2.95. The molecule has 0 amide bonds. The first-order chi connectivity index (χ1) is 12.6. The van der Waals surface area contributed by atoms with Crippen molar-refractivity contribution in [2.75, 3.05) is 32.2 Å². The smallest absolute Gasteiger partial charge is 0.225 e. The van der Waals surface area contributed by atoms with Crippen LogP contribution < -0.4 is 9.64 Å². The maximum absolute atomic E-state index is 8.79. The van der Waals surface area contributed by atoms with Crippen molar-refractivity contribution in [1.29, 1.82) is 0 Å². The second-order valence-corrected chi connectivity index (χ2v) is 7.28. The van der Waals surface area contributed by atoms with E-state index in [9.17, 15) is 0 Å². The number of nitrogens with zero attached hydrogens (tertiary/aromatic N) is 3. The molecule has 1 heterocycles. The maximum atomic E-state index is 8.79. The normalized spacial score (nSPS) is 11.0. The van der Waals surface area contributed by atoms with E-state index in [1.807, 2.05) is 25.9 Å². The van der Waals surface area contributed by atoms with Gasteiger partial charge in [-0.3, -0.25) is 0 Å². The summed E-state index contributed by atoms with van der Waals surface area (Å²) in [4.78, 5) is 11.3. The number of aliphatic hydroxyl groups is 1. The summed E-state index contributed by atoms with van der Waals surface area (Å²) in [6.07, 6.45) is 12.7. The number of ether oxygens (including phenoxy) is 1. The van der Waals surface area contributed by atoms with Gasteiger partial charge in [-0.2, -0.15) is 0 Å². The Balaban J connectivity index is 2.48. The molecule has 0 fully saturated rings. The zero-order chi connectivity index (χ0) is 19.2. The topological polar surface area (TPSA) is 58.5 Å². The zero-order valence-electron chi connectivity index (χ0n) is 17.4. The molecule has 26 heavy (non-hydrogen) atoms. The van der Waals surface area contributed by atoms with Gasteiger partial charge < -0.3 is 14.7 Å². The van der Waals surface area contributed by atoms with Crippen molar-refractivity contribution in [2.24, 2.45) is 0 Å². The van der Waals surface area contributed by atoms with Gasteiger partial charge in [-0.25, -0.2) is 9.97 Å². The van der Waals surface area contributed by atoms with Gasteiger partial charge in [0, 0.05) is 20.7 Å². The lowest BCUT2D eigenvalue weighted by Crippen LogP contribution is -2.16. The quantitative estimate of drug-likeness (QED) is 0.457.